The van der Waals surface area contributed by atoms with Gasteiger partial charge >= 0.3 is 0 Å². The van der Waals surface area contributed by atoms with E-state index in [2.05, 4.69) is 0 Å². The van der Waals surface area contributed by atoms with E-state index in [0.29, 0.717) is 10.6 Å². The molecule has 0 unspecified atom stereocenters. The second-order valence-corrected chi connectivity index (χ2v) is 5.91. The lowest BCUT2D eigenvalue weighted by atomic mass is 10.2. The number of halogens is 1. The Labute approximate surface area is 101 Å². The minimum Gasteiger partial charge on any atom is -0.395 e. The molecule has 0 atom stereocenters. The maximum absolute atomic E-state index is 12.0. The van der Waals surface area contributed by atoms with Gasteiger partial charge in [0.25, 0.3) is 0 Å². The number of likely N-dealkylation sites (N-methyl/N-ethyl adjacent to an activating group) is 1. The molecule has 0 aromatic heterocycles. The Morgan fingerprint density at radius 1 is 1.44 bits per heavy atom. The van der Waals surface area contributed by atoms with Crippen molar-refractivity contribution in [1.82, 2.24) is 4.31 Å². The van der Waals surface area contributed by atoms with Crippen LogP contribution in [0, 0.1) is 6.92 Å². The first-order valence-electron chi connectivity index (χ1n) is 4.73. The van der Waals surface area contributed by atoms with E-state index in [1.54, 1.807) is 13.0 Å². The predicted molar refractivity (Wildman–Crippen MR) is 63.1 cm³/mol. The van der Waals surface area contributed by atoms with Gasteiger partial charge in [-0.2, -0.15) is 4.31 Å². The van der Waals surface area contributed by atoms with Crippen molar-refractivity contribution in [3.63, 3.8) is 0 Å². The quantitative estimate of drug-likeness (QED) is 0.890. The zero-order valence-electron chi connectivity index (χ0n) is 9.14. The molecule has 1 aromatic rings. The largest absolute Gasteiger partial charge is 0.395 e. The zero-order chi connectivity index (χ0) is 12.3. The summed E-state index contributed by atoms with van der Waals surface area (Å²) in [6, 6.07) is 4.61. The van der Waals surface area contributed by atoms with E-state index in [9.17, 15) is 8.42 Å². The molecular weight excluding hydrogens is 250 g/mol. The van der Waals surface area contributed by atoms with Gasteiger partial charge in [-0.3, -0.25) is 0 Å². The molecule has 0 aliphatic rings. The van der Waals surface area contributed by atoms with Gasteiger partial charge in [0, 0.05) is 18.6 Å². The van der Waals surface area contributed by atoms with Crippen LogP contribution in [0.1, 0.15) is 5.56 Å². The molecule has 0 amide bonds. The number of sulfonamides is 1. The first kappa shape index (κ1) is 13.4. The maximum Gasteiger partial charge on any atom is 0.243 e. The number of nitrogens with zero attached hydrogens (tertiary/aromatic N) is 1. The van der Waals surface area contributed by atoms with Crippen LogP contribution in [0.3, 0.4) is 0 Å². The van der Waals surface area contributed by atoms with Crippen LogP contribution in [0.5, 0.6) is 0 Å². The van der Waals surface area contributed by atoms with Crippen LogP contribution in [0.4, 0.5) is 0 Å². The van der Waals surface area contributed by atoms with Gasteiger partial charge in [0.1, 0.15) is 0 Å². The van der Waals surface area contributed by atoms with Gasteiger partial charge in [-0.25, -0.2) is 8.42 Å². The molecule has 0 aliphatic carbocycles. The van der Waals surface area contributed by atoms with E-state index in [1.807, 2.05) is 0 Å². The van der Waals surface area contributed by atoms with Gasteiger partial charge in [-0.05, 0) is 30.7 Å². The molecule has 0 saturated carbocycles. The molecule has 0 aliphatic heterocycles. The molecule has 1 N–H and O–H groups in total. The molecular formula is C10H14ClNO3S. The Kier molecular flexibility index (Phi) is 4.32. The van der Waals surface area contributed by atoms with Crippen LogP contribution in [0.25, 0.3) is 0 Å². The number of aryl methyl sites for hydroxylation is 1. The van der Waals surface area contributed by atoms with Crippen molar-refractivity contribution in [1.29, 1.82) is 0 Å². The van der Waals surface area contributed by atoms with E-state index in [0.717, 1.165) is 4.31 Å². The summed E-state index contributed by atoms with van der Waals surface area (Å²) < 4.78 is 25.2. The third kappa shape index (κ3) is 2.74. The molecule has 90 valence electrons. The third-order valence-electron chi connectivity index (χ3n) is 2.24. The Morgan fingerprint density at radius 2 is 2.06 bits per heavy atom. The first-order valence-corrected chi connectivity index (χ1v) is 6.54. The lowest BCUT2D eigenvalue weighted by Gasteiger charge is -2.17. The molecule has 0 bridgehead atoms. The zero-order valence-corrected chi connectivity index (χ0v) is 10.7. The van der Waals surface area contributed by atoms with Gasteiger partial charge in [-0.15, -0.1) is 0 Å². The Bertz CT molecular complexity index is 473. The topological polar surface area (TPSA) is 57.6 Å². The molecule has 0 saturated heterocycles. The van der Waals surface area contributed by atoms with Crippen molar-refractivity contribution in [3.05, 3.63) is 28.8 Å². The Morgan fingerprint density at radius 3 is 2.56 bits per heavy atom. The summed E-state index contributed by atoms with van der Waals surface area (Å²) in [7, 11) is -2.10. The summed E-state index contributed by atoms with van der Waals surface area (Å²) in [6.45, 7) is 1.55. The highest BCUT2D eigenvalue weighted by molar-refractivity contribution is 7.89. The standard InChI is InChI=1S/C10H14ClNO3S/c1-8-7-9(11)3-4-10(8)16(14,15)12(2)5-6-13/h3-4,7,13H,5-6H2,1-2H3. The van der Waals surface area contributed by atoms with Crippen LogP contribution in [-0.4, -0.2) is 38.0 Å². The molecule has 0 fully saturated rings. The summed E-state index contributed by atoms with van der Waals surface area (Å²) in [4.78, 5) is 0.216. The van der Waals surface area contributed by atoms with Gasteiger partial charge < -0.3 is 5.11 Å². The van der Waals surface area contributed by atoms with Crippen LogP contribution >= 0.6 is 11.6 Å². The maximum atomic E-state index is 12.0. The number of benzene rings is 1. The van der Waals surface area contributed by atoms with Crippen LogP contribution in [-0.2, 0) is 10.0 Å². The number of aliphatic hydroxyl groups excluding tert-OH is 1. The highest BCUT2D eigenvalue weighted by Gasteiger charge is 2.21. The molecule has 0 spiro atoms. The third-order valence-corrected chi connectivity index (χ3v) is 4.49. The molecule has 1 aromatic carbocycles. The molecule has 16 heavy (non-hydrogen) atoms. The number of aliphatic hydroxyl groups is 1. The fourth-order valence-electron chi connectivity index (χ4n) is 1.33. The highest BCUT2D eigenvalue weighted by Crippen LogP contribution is 2.21. The van der Waals surface area contributed by atoms with Crippen LogP contribution in [0.15, 0.2) is 23.1 Å². The summed E-state index contributed by atoms with van der Waals surface area (Å²) >= 11 is 5.76. The van der Waals surface area contributed by atoms with Crippen molar-refractivity contribution < 1.29 is 13.5 Å². The van der Waals surface area contributed by atoms with Gasteiger partial charge in [0.05, 0.1) is 11.5 Å². The van der Waals surface area contributed by atoms with E-state index in [4.69, 9.17) is 16.7 Å². The van der Waals surface area contributed by atoms with Gasteiger partial charge in [0.15, 0.2) is 0 Å². The van der Waals surface area contributed by atoms with E-state index in [1.165, 1.54) is 19.2 Å². The predicted octanol–water partition coefficient (Wildman–Crippen LogP) is 1.26. The fraction of sp³-hybridized carbons (Fsp3) is 0.400. The van der Waals surface area contributed by atoms with E-state index >= 15 is 0 Å². The Balaban J connectivity index is 3.17. The molecule has 4 nitrogen and oxygen atoms in total. The minimum absolute atomic E-state index is 0.0738. The van der Waals surface area contributed by atoms with Crippen molar-refractivity contribution in [3.8, 4) is 0 Å². The smallest absolute Gasteiger partial charge is 0.243 e. The first-order chi connectivity index (χ1) is 7.39. The van der Waals surface area contributed by atoms with Crippen molar-refractivity contribution >= 4 is 21.6 Å². The minimum atomic E-state index is -3.53. The molecule has 6 heteroatoms. The van der Waals surface area contributed by atoms with Crippen molar-refractivity contribution in [2.75, 3.05) is 20.2 Å². The average molecular weight is 264 g/mol. The normalized spacial score (nSPS) is 12.1. The number of hydrogen-bond acceptors (Lipinski definition) is 3. The summed E-state index contributed by atoms with van der Waals surface area (Å²) in [5.41, 5.74) is 0.595. The van der Waals surface area contributed by atoms with E-state index in [-0.39, 0.29) is 18.0 Å². The molecule has 1 rings (SSSR count). The summed E-state index contributed by atoms with van der Waals surface area (Å²) in [5, 5.41) is 9.23. The molecule has 0 heterocycles. The van der Waals surface area contributed by atoms with Crippen molar-refractivity contribution in [2.45, 2.75) is 11.8 Å². The van der Waals surface area contributed by atoms with Crippen molar-refractivity contribution in [2.24, 2.45) is 0 Å². The highest BCUT2D eigenvalue weighted by atomic mass is 35.5. The van der Waals surface area contributed by atoms with Crippen LogP contribution < -0.4 is 0 Å². The van der Waals surface area contributed by atoms with Gasteiger partial charge in [0.2, 0.25) is 10.0 Å². The summed E-state index contributed by atoms with van der Waals surface area (Å²) in [6.07, 6.45) is 0. The lowest BCUT2D eigenvalue weighted by molar-refractivity contribution is 0.266. The Hall–Kier alpha value is -0.620. The summed E-state index contributed by atoms with van der Waals surface area (Å²) in [5.74, 6) is 0. The monoisotopic (exact) mass is 263 g/mol. The average Bonchev–Trinajstić information content (AvgIpc) is 2.17. The lowest BCUT2D eigenvalue weighted by Crippen LogP contribution is -2.30. The fourth-order valence-corrected chi connectivity index (χ4v) is 2.92. The van der Waals surface area contributed by atoms with Crippen LogP contribution in [0.2, 0.25) is 5.02 Å². The SMILES string of the molecule is Cc1cc(Cl)ccc1S(=O)(=O)N(C)CCO. The number of rotatable bonds is 4. The number of hydrogen-bond donors (Lipinski definition) is 1. The van der Waals surface area contributed by atoms with E-state index < -0.39 is 10.0 Å². The van der Waals surface area contributed by atoms with Gasteiger partial charge in [-0.1, -0.05) is 11.6 Å². The second kappa shape index (κ2) is 5.14. The molecule has 0 radical (unpaired) electrons. The second-order valence-electron chi connectivity index (χ2n) is 3.46.